The van der Waals surface area contributed by atoms with E-state index in [2.05, 4.69) is 4.98 Å². The van der Waals surface area contributed by atoms with E-state index in [-0.39, 0.29) is 11.3 Å². The Bertz CT molecular complexity index is 1880. The van der Waals surface area contributed by atoms with Gasteiger partial charge in [0, 0.05) is 21.5 Å². The maximum absolute atomic E-state index is 13.3. The molecule has 0 radical (unpaired) electrons. The van der Waals surface area contributed by atoms with Crippen molar-refractivity contribution in [1.82, 2.24) is 4.98 Å². The van der Waals surface area contributed by atoms with E-state index in [0.717, 1.165) is 4.90 Å². The summed E-state index contributed by atoms with van der Waals surface area (Å²) in [6.45, 7) is -0.472. The van der Waals surface area contributed by atoms with Gasteiger partial charge in [-0.1, -0.05) is 48.0 Å². The van der Waals surface area contributed by atoms with Crippen LogP contribution in [0.3, 0.4) is 0 Å². The highest BCUT2D eigenvalue weighted by Crippen LogP contribution is 2.32. The van der Waals surface area contributed by atoms with Gasteiger partial charge in [0.25, 0.3) is 11.8 Å². The smallest absolute Gasteiger partial charge is 0.339 e. The molecule has 1 aliphatic rings. The molecule has 0 unspecified atom stereocenters. The Morgan fingerprint density at radius 3 is 2.24 bits per heavy atom. The average Bonchev–Trinajstić information content (AvgIpc) is 3.28. The number of rotatable bonds is 7. The van der Waals surface area contributed by atoms with Crippen molar-refractivity contribution in [3.8, 4) is 17.0 Å². The number of ketones is 1. The lowest BCUT2D eigenvalue weighted by Gasteiger charge is -2.15. The first-order valence-corrected chi connectivity index (χ1v) is 13.2. The lowest BCUT2D eigenvalue weighted by atomic mass is 10.0. The predicted octanol–water partition coefficient (Wildman–Crippen LogP) is 6.40. The van der Waals surface area contributed by atoms with Gasteiger partial charge in [0.05, 0.1) is 40.7 Å². The molecule has 0 bridgehead atoms. The molecule has 1 aromatic heterocycles. The van der Waals surface area contributed by atoms with Gasteiger partial charge in [0.2, 0.25) is 0 Å². The first-order valence-electron chi connectivity index (χ1n) is 12.9. The van der Waals surface area contributed by atoms with E-state index in [4.69, 9.17) is 21.1 Å². The summed E-state index contributed by atoms with van der Waals surface area (Å²) in [5.41, 5.74) is 3.23. The Morgan fingerprint density at radius 1 is 0.833 bits per heavy atom. The largest absolute Gasteiger partial charge is 0.497 e. The number of methoxy groups -OCH3 is 1. The van der Waals surface area contributed by atoms with Gasteiger partial charge in [-0.2, -0.15) is 0 Å². The maximum Gasteiger partial charge on any atom is 0.339 e. The Morgan fingerprint density at radius 2 is 1.55 bits per heavy atom. The second kappa shape index (κ2) is 10.9. The van der Waals surface area contributed by atoms with Crippen molar-refractivity contribution in [2.24, 2.45) is 0 Å². The number of halogens is 1. The van der Waals surface area contributed by atoms with Gasteiger partial charge in [-0.05, 0) is 60.7 Å². The number of fused-ring (bicyclic) bond motifs is 2. The summed E-state index contributed by atoms with van der Waals surface area (Å²) < 4.78 is 10.6. The van der Waals surface area contributed by atoms with E-state index in [1.807, 2.05) is 0 Å². The number of imide groups is 1. The molecule has 6 rings (SSSR count). The summed E-state index contributed by atoms with van der Waals surface area (Å²) >= 11 is 6.22. The fourth-order valence-electron chi connectivity index (χ4n) is 4.81. The molecule has 0 spiro atoms. The molecule has 9 heteroatoms. The predicted molar refractivity (Wildman–Crippen MR) is 157 cm³/mol. The van der Waals surface area contributed by atoms with Gasteiger partial charge < -0.3 is 9.47 Å². The topological polar surface area (TPSA) is 103 Å². The van der Waals surface area contributed by atoms with Crippen LogP contribution in [0.1, 0.15) is 41.4 Å². The standard InChI is InChI=1S/C33H21ClN2O6/c1-41-23-6-4-5-20(15-23)30(37)18-42-33(40)27-17-29(35-28-14-11-21(34)16-26(27)28)19-9-12-22(13-10-19)36-31(38)24-7-2-3-8-25(24)32(36)39/h2-17H,18H2,1H3. The Hall–Kier alpha value is -5.34. The molecule has 0 saturated carbocycles. The monoisotopic (exact) mass is 576 g/mol. The maximum atomic E-state index is 13.3. The van der Waals surface area contributed by atoms with E-state index in [9.17, 15) is 19.2 Å². The second-order valence-corrected chi connectivity index (χ2v) is 9.92. The number of hydrogen-bond acceptors (Lipinski definition) is 7. The third-order valence-corrected chi connectivity index (χ3v) is 7.17. The first kappa shape index (κ1) is 26.9. The van der Waals surface area contributed by atoms with Crippen LogP contribution in [0.15, 0.2) is 97.1 Å². The molecule has 2 amide bonds. The van der Waals surface area contributed by atoms with E-state index in [1.165, 1.54) is 7.11 Å². The molecule has 0 aliphatic carbocycles. The van der Waals surface area contributed by atoms with Crippen molar-refractivity contribution < 1.29 is 28.7 Å². The third kappa shape index (κ3) is 4.88. The summed E-state index contributed by atoms with van der Waals surface area (Å²) in [7, 11) is 1.50. The molecule has 0 saturated heterocycles. The lowest BCUT2D eigenvalue weighted by molar-refractivity contribution is 0.0476. The van der Waals surface area contributed by atoms with E-state index < -0.39 is 24.4 Å². The molecule has 0 atom stereocenters. The number of anilines is 1. The van der Waals surface area contributed by atoms with Crippen LogP contribution in [-0.4, -0.2) is 42.3 Å². The van der Waals surface area contributed by atoms with Crippen molar-refractivity contribution in [3.63, 3.8) is 0 Å². The quantitative estimate of drug-likeness (QED) is 0.125. The number of benzene rings is 4. The molecule has 1 aliphatic heterocycles. The SMILES string of the molecule is COc1cccc(C(=O)COC(=O)c2cc(-c3ccc(N4C(=O)c5ccccc5C4=O)cc3)nc3ccc(Cl)cc23)c1. The van der Waals surface area contributed by atoms with Gasteiger partial charge in [0.1, 0.15) is 5.75 Å². The third-order valence-electron chi connectivity index (χ3n) is 6.93. The second-order valence-electron chi connectivity index (χ2n) is 9.49. The molecule has 5 aromatic rings. The van der Waals surface area contributed by atoms with Gasteiger partial charge in [-0.3, -0.25) is 14.4 Å². The molecule has 42 heavy (non-hydrogen) atoms. The minimum absolute atomic E-state index is 0.181. The highest BCUT2D eigenvalue weighted by molar-refractivity contribution is 6.34. The van der Waals surface area contributed by atoms with Crippen molar-refractivity contribution in [1.29, 1.82) is 0 Å². The van der Waals surface area contributed by atoms with E-state index >= 15 is 0 Å². The van der Waals surface area contributed by atoms with Crippen LogP contribution >= 0.6 is 11.6 Å². The number of aromatic nitrogens is 1. The minimum Gasteiger partial charge on any atom is -0.497 e. The summed E-state index contributed by atoms with van der Waals surface area (Å²) in [6.07, 6.45) is 0. The number of hydrogen-bond donors (Lipinski definition) is 0. The highest BCUT2D eigenvalue weighted by Gasteiger charge is 2.36. The van der Waals surface area contributed by atoms with Crippen LogP contribution in [0.25, 0.3) is 22.2 Å². The zero-order chi connectivity index (χ0) is 29.4. The highest BCUT2D eigenvalue weighted by atomic mass is 35.5. The van der Waals surface area contributed by atoms with Crippen LogP contribution in [0.2, 0.25) is 5.02 Å². The lowest BCUT2D eigenvalue weighted by Crippen LogP contribution is -2.29. The number of pyridine rings is 1. The van der Waals surface area contributed by atoms with Crippen molar-refractivity contribution in [2.75, 3.05) is 18.6 Å². The zero-order valence-electron chi connectivity index (χ0n) is 22.2. The molecule has 206 valence electrons. The fourth-order valence-corrected chi connectivity index (χ4v) is 4.98. The Kier molecular flexibility index (Phi) is 6.98. The van der Waals surface area contributed by atoms with Gasteiger partial charge in [-0.25, -0.2) is 14.7 Å². The van der Waals surface area contributed by atoms with Crippen LogP contribution in [0.5, 0.6) is 5.75 Å². The molecule has 4 aromatic carbocycles. The number of Topliss-reactive ketones (excluding diaryl/α,β-unsaturated/α-hetero) is 1. The number of ether oxygens (including phenoxy) is 2. The molecule has 0 fully saturated rings. The van der Waals surface area contributed by atoms with Crippen molar-refractivity contribution in [3.05, 3.63) is 124 Å². The Balaban J connectivity index is 1.29. The molecule has 8 nitrogen and oxygen atoms in total. The zero-order valence-corrected chi connectivity index (χ0v) is 22.9. The summed E-state index contributed by atoms with van der Waals surface area (Å²) in [5.74, 6) is -1.37. The first-order chi connectivity index (χ1) is 20.3. The molecular weight excluding hydrogens is 556 g/mol. The van der Waals surface area contributed by atoms with Gasteiger partial charge in [-0.15, -0.1) is 0 Å². The van der Waals surface area contributed by atoms with Crippen molar-refractivity contribution >= 4 is 51.8 Å². The summed E-state index contributed by atoms with van der Waals surface area (Å²) in [4.78, 5) is 57.6. The van der Waals surface area contributed by atoms with Crippen molar-refractivity contribution in [2.45, 2.75) is 0 Å². The molecular formula is C33H21ClN2O6. The normalized spacial score (nSPS) is 12.4. The Labute approximate surface area is 245 Å². The number of amides is 2. The number of nitrogens with zero attached hydrogens (tertiary/aromatic N) is 2. The van der Waals surface area contributed by atoms with Gasteiger partial charge >= 0.3 is 5.97 Å². The molecule has 0 N–H and O–H groups in total. The molecule has 2 heterocycles. The minimum atomic E-state index is -0.718. The number of carbonyl (C=O) groups is 4. The number of esters is 1. The van der Waals surface area contributed by atoms with Crippen LogP contribution in [0, 0.1) is 0 Å². The number of carbonyl (C=O) groups excluding carboxylic acids is 4. The van der Waals surface area contributed by atoms with Crippen LogP contribution in [0.4, 0.5) is 5.69 Å². The van der Waals surface area contributed by atoms with E-state index in [0.29, 0.717) is 55.3 Å². The van der Waals surface area contributed by atoms with Crippen LogP contribution in [-0.2, 0) is 4.74 Å². The summed E-state index contributed by atoms with van der Waals surface area (Å²) in [6, 6.07) is 26.5. The van der Waals surface area contributed by atoms with Gasteiger partial charge in [0.15, 0.2) is 12.4 Å². The fraction of sp³-hybridized carbons (Fsp3) is 0.0606. The summed E-state index contributed by atoms with van der Waals surface area (Å²) in [5, 5.41) is 0.872. The van der Waals surface area contributed by atoms with Crippen LogP contribution < -0.4 is 9.64 Å². The average molecular weight is 577 g/mol. The van der Waals surface area contributed by atoms with E-state index in [1.54, 1.807) is 97.1 Å².